The van der Waals surface area contributed by atoms with Crippen molar-refractivity contribution >= 4 is 5.97 Å². The Morgan fingerprint density at radius 3 is 2.21 bits per heavy atom. The number of nitrogens with zero attached hydrogens (tertiary/aromatic N) is 1. The zero-order valence-corrected chi connectivity index (χ0v) is 12.4. The molecule has 0 aliphatic heterocycles. The molecule has 0 aromatic rings. The highest BCUT2D eigenvalue weighted by Crippen LogP contribution is 2.33. The molecule has 2 saturated carbocycles. The van der Waals surface area contributed by atoms with Gasteiger partial charge in [0.1, 0.15) is 5.54 Å². The first kappa shape index (κ1) is 14.8. The van der Waals surface area contributed by atoms with Gasteiger partial charge in [-0.3, -0.25) is 4.79 Å². The monoisotopic (exact) mass is 268 g/mol. The molecule has 0 spiro atoms. The molecule has 0 amide bonds. The van der Waals surface area contributed by atoms with Crippen LogP contribution in [0.1, 0.15) is 45.4 Å². The van der Waals surface area contributed by atoms with Crippen LogP contribution in [0.4, 0.5) is 0 Å². The van der Waals surface area contributed by atoms with Gasteiger partial charge in [0.15, 0.2) is 0 Å². The van der Waals surface area contributed by atoms with E-state index in [4.69, 9.17) is 10.5 Å². The van der Waals surface area contributed by atoms with E-state index < -0.39 is 5.54 Å². The van der Waals surface area contributed by atoms with Gasteiger partial charge < -0.3 is 15.4 Å². The van der Waals surface area contributed by atoms with E-state index in [1.54, 1.807) is 6.92 Å². The zero-order valence-electron chi connectivity index (χ0n) is 12.4. The van der Waals surface area contributed by atoms with Gasteiger partial charge in [-0.2, -0.15) is 0 Å². The highest BCUT2D eigenvalue weighted by molar-refractivity contribution is 5.79. The Hall–Kier alpha value is -0.610. The smallest absolute Gasteiger partial charge is 0.325 e. The molecule has 2 fully saturated rings. The first-order valence-corrected chi connectivity index (χ1v) is 7.61. The van der Waals surface area contributed by atoms with Crippen molar-refractivity contribution in [3.8, 4) is 0 Å². The molecule has 2 aliphatic rings. The van der Waals surface area contributed by atoms with E-state index in [2.05, 4.69) is 4.90 Å². The zero-order chi connectivity index (χ0) is 13.9. The highest BCUT2D eigenvalue weighted by Gasteiger charge is 2.31. The normalized spacial score (nSPS) is 22.3. The number of methoxy groups -OCH3 is 1. The summed E-state index contributed by atoms with van der Waals surface area (Å²) < 4.78 is 4.74. The third-order valence-corrected chi connectivity index (χ3v) is 4.25. The molecule has 0 aromatic carbocycles. The summed E-state index contributed by atoms with van der Waals surface area (Å²) >= 11 is 0. The average Bonchev–Trinajstić information content (AvgIpc) is 3.23. The Morgan fingerprint density at radius 1 is 1.26 bits per heavy atom. The van der Waals surface area contributed by atoms with E-state index in [0.29, 0.717) is 6.42 Å². The summed E-state index contributed by atoms with van der Waals surface area (Å²) in [5.74, 6) is 1.57. The second-order valence-corrected chi connectivity index (χ2v) is 6.66. The predicted octanol–water partition coefficient (Wildman–Crippen LogP) is 1.78. The molecule has 0 radical (unpaired) electrons. The SMILES string of the molecule is COC(=O)C(C)(N)CCCN(CC1CC1)CC1CC1. The number of hydrogen-bond acceptors (Lipinski definition) is 4. The maximum absolute atomic E-state index is 11.5. The largest absolute Gasteiger partial charge is 0.468 e. The number of ether oxygens (including phenoxy) is 1. The Morgan fingerprint density at radius 2 is 1.79 bits per heavy atom. The predicted molar refractivity (Wildman–Crippen MR) is 75.7 cm³/mol. The lowest BCUT2D eigenvalue weighted by Crippen LogP contribution is -2.46. The van der Waals surface area contributed by atoms with Gasteiger partial charge >= 0.3 is 5.97 Å². The van der Waals surface area contributed by atoms with Crippen LogP contribution < -0.4 is 5.73 Å². The van der Waals surface area contributed by atoms with Gasteiger partial charge in [-0.25, -0.2) is 0 Å². The number of rotatable bonds is 9. The summed E-state index contributed by atoms with van der Waals surface area (Å²) in [6.45, 7) is 5.33. The number of carbonyl (C=O) groups excluding carboxylic acids is 1. The number of carbonyl (C=O) groups is 1. The lowest BCUT2D eigenvalue weighted by molar-refractivity contribution is -0.146. The Balaban J connectivity index is 1.69. The van der Waals surface area contributed by atoms with Crippen LogP contribution in [0.5, 0.6) is 0 Å². The number of nitrogens with two attached hydrogens (primary N) is 1. The minimum Gasteiger partial charge on any atom is -0.468 e. The number of hydrogen-bond donors (Lipinski definition) is 1. The first-order chi connectivity index (χ1) is 9.01. The minimum atomic E-state index is -0.834. The fourth-order valence-electron chi connectivity index (χ4n) is 2.59. The number of esters is 1. The van der Waals surface area contributed by atoms with Crippen molar-refractivity contribution < 1.29 is 9.53 Å². The summed E-state index contributed by atoms with van der Waals surface area (Å²) in [7, 11) is 1.40. The fourth-order valence-corrected chi connectivity index (χ4v) is 2.59. The molecule has 4 nitrogen and oxygen atoms in total. The summed E-state index contributed by atoms with van der Waals surface area (Å²) in [6.07, 6.45) is 7.28. The van der Waals surface area contributed by atoms with Gasteiger partial charge in [0, 0.05) is 13.1 Å². The first-order valence-electron chi connectivity index (χ1n) is 7.61. The highest BCUT2D eigenvalue weighted by atomic mass is 16.5. The molecule has 0 heterocycles. The van der Waals surface area contributed by atoms with Crippen LogP contribution in [-0.2, 0) is 9.53 Å². The standard InChI is InChI=1S/C15H28N2O2/c1-15(16,14(18)19-2)8-3-9-17(10-12-4-5-12)11-13-6-7-13/h12-13H,3-11,16H2,1-2H3. The molecule has 19 heavy (non-hydrogen) atoms. The van der Waals surface area contributed by atoms with E-state index in [9.17, 15) is 4.79 Å². The van der Waals surface area contributed by atoms with Crippen molar-refractivity contribution in [3.63, 3.8) is 0 Å². The summed E-state index contributed by atoms with van der Waals surface area (Å²) in [6, 6.07) is 0. The van der Waals surface area contributed by atoms with Gasteiger partial charge in [-0.15, -0.1) is 0 Å². The molecule has 4 heteroatoms. The molecule has 2 N–H and O–H groups in total. The summed E-state index contributed by atoms with van der Waals surface area (Å²) in [5.41, 5.74) is 5.16. The molecule has 1 atom stereocenters. The molecule has 2 aliphatic carbocycles. The topological polar surface area (TPSA) is 55.6 Å². The molecule has 1 unspecified atom stereocenters. The average molecular weight is 268 g/mol. The van der Waals surface area contributed by atoms with Gasteiger partial charge in [0.2, 0.25) is 0 Å². The van der Waals surface area contributed by atoms with E-state index in [1.807, 2.05) is 0 Å². The van der Waals surface area contributed by atoms with Crippen LogP contribution >= 0.6 is 0 Å². The minimum absolute atomic E-state index is 0.302. The maximum atomic E-state index is 11.5. The lowest BCUT2D eigenvalue weighted by atomic mass is 9.97. The molecule has 0 aromatic heterocycles. The summed E-state index contributed by atoms with van der Waals surface area (Å²) in [4.78, 5) is 14.1. The van der Waals surface area contributed by atoms with Crippen LogP contribution in [0.2, 0.25) is 0 Å². The Bertz CT molecular complexity index is 295. The van der Waals surface area contributed by atoms with Crippen molar-refractivity contribution in [2.45, 2.75) is 51.0 Å². The van der Waals surface area contributed by atoms with Gasteiger partial charge in [-0.05, 0) is 63.8 Å². The van der Waals surface area contributed by atoms with E-state index >= 15 is 0 Å². The third-order valence-electron chi connectivity index (χ3n) is 4.25. The second kappa shape index (κ2) is 6.23. The van der Waals surface area contributed by atoms with Crippen LogP contribution in [0.3, 0.4) is 0 Å². The van der Waals surface area contributed by atoms with Crippen molar-refractivity contribution in [2.24, 2.45) is 17.6 Å². The van der Waals surface area contributed by atoms with E-state index in [0.717, 1.165) is 24.8 Å². The van der Waals surface area contributed by atoms with Crippen LogP contribution in [-0.4, -0.2) is 43.2 Å². The third kappa shape index (κ3) is 5.11. The fraction of sp³-hybridized carbons (Fsp3) is 0.933. The van der Waals surface area contributed by atoms with Crippen LogP contribution in [0.15, 0.2) is 0 Å². The van der Waals surface area contributed by atoms with E-state index in [1.165, 1.54) is 45.9 Å². The quantitative estimate of drug-likeness (QED) is 0.648. The van der Waals surface area contributed by atoms with Crippen LogP contribution in [0.25, 0.3) is 0 Å². The van der Waals surface area contributed by atoms with Crippen molar-refractivity contribution in [1.82, 2.24) is 4.90 Å². The second-order valence-electron chi connectivity index (χ2n) is 6.66. The Labute approximate surface area is 116 Å². The van der Waals surface area contributed by atoms with Crippen LogP contribution in [0, 0.1) is 11.8 Å². The van der Waals surface area contributed by atoms with Gasteiger partial charge in [-0.1, -0.05) is 0 Å². The molecule has 110 valence electrons. The maximum Gasteiger partial charge on any atom is 0.325 e. The van der Waals surface area contributed by atoms with Crippen molar-refractivity contribution in [3.05, 3.63) is 0 Å². The molecular weight excluding hydrogens is 240 g/mol. The van der Waals surface area contributed by atoms with E-state index in [-0.39, 0.29) is 5.97 Å². The lowest BCUT2D eigenvalue weighted by Gasteiger charge is -2.25. The van der Waals surface area contributed by atoms with Gasteiger partial charge in [0.25, 0.3) is 0 Å². The molecular formula is C15H28N2O2. The van der Waals surface area contributed by atoms with Crippen molar-refractivity contribution in [2.75, 3.05) is 26.7 Å². The molecule has 0 bridgehead atoms. The molecule has 2 rings (SSSR count). The summed E-state index contributed by atoms with van der Waals surface area (Å²) in [5, 5.41) is 0. The Kier molecular flexibility index (Phi) is 4.85. The van der Waals surface area contributed by atoms with Gasteiger partial charge in [0.05, 0.1) is 7.11 Å². The van der Waals surface area contributed by atoms with Crippen molar-refractivity contribution in [1.29, 1.82) is 0 Å². The molecule has 0 saturated heterocycles.